The standard InChI is InChI=1S/C10H19N3O3/c1-7-5-13(6-8(2)16-7)10(15)9(14)12-4-3-11/h7-8H,3-6,11H2,1-2H3,(H,12,14). The number of amides is 2. The van der Waals surface area contributed by atoms with Crippen molar-refractivity contribution in [3.05, 3.63) is 0 Å². The lowest BCUT2D eigenvalue weighted by molar-refractivity contribution is -0.153. The summed E-state index contributed by atoms with van der Waals surface area (Å²) in [6, 6.07) is 0. The van der Waals surface area contributed by atoms with Gasteiger partial charge >= 0.3 is 11.8 Å². The lowest BCUT2D eigenvalue weighted by Crippen LogP contribution is -2.52. The summed E-state index contributed by atoms with van der Waals surface area (Å²) in [7, 11) is 0. The number of nitrogens with one attached hydrogen (secondary N) is 1. The first kappa shape index (κ1) is 12.9. The quantitative estimate of drug-likeness (QED) is 0.576. The van der Waals surface area contributed by atoms with Gasteiger partial charge in [0, 0.05) is 26.2 Å². The maximum atomic E-state index is 11.7. The highest BCUT2D eigenvalue weighted by Gasteiger charge is 2.29. The predicted octanol–water partition coefficient (Wildman–Crippen LogP) is -1.30. The smallest absolute Gasteiger partial charge is 0.312 e. The van der Waals surface area contributed by atoms with E-state index in [1.165, 1.54) is 4.90 Å². The van der Waals surface area contributed by atoms with Crippen molar-refractivity contribution in [1.29, 1.82) is 0 Å². The second-order valence-electron chi connectivity index (χ2n) is 4.01. The molecule has 0 radical (unpaired) electrons. The van der Waals surface area contributed by atoms with Crippen LogP contribution >= 0.6 is 0 Å². The Morgan fingerprint density at radius 3 is 2.44 bits per heavy atom. The Balaban J connectivity index is 2.49. The van der Waals surface area contributed by atoms with Gasteiger partial charge in [-0.1, -0.05) is 0 Å². The molecule has 1 rings (SSSR count). The van der Waals surface area contributed by atoms with Crippen molar-refractivity contribution in [2.75, 3.05) is 26.2 Å². The Hall–Kier alpha value is -1.14. The summed E-state index contributed by atoms with van der Waals surface area (Å²) >= 11 is 0. The summed E-state index contributed by atoms with van der Waals surface area (Å²) in [4.78, 5) is 24.6. The first-order valence-corrected chi connectivity index (χ1v) is 5.47. The van der Waals surface area contributed by atoms with Gasteiger partial charge in [-0.25, -0.2) is 0 Å². The molecule has 0 saturated carbocycles. The molecule has 0 aromatic rings. The van der Waals surface area contributed by atoms with Crippen LogP contribution in [0.2, 0.25) is 0 Å². The topological polar surface area (TPSA) is 84.7 Å². The second-order valence-corrected chi connectivity index (χ2v) is 4.01. The Labute approximate surface area is 95.1 Å². The first-order chi connectivity index (χ1) is 7.54. The molecule has 92 valence electrons. The van der Waals surface area contributed by atoms with E-state index in [1.807, 2.05) is 13.8 Å². The van der Waals surface area contributed by atoms with Gasteiger partial charge in [0.2, 0.25) is 0 Å². The number of nitrogens with zero attached hydrogens (tertiary/aromatic N) is 1. The Morgan fingerprint density at radius 1 is 1.38 bits per heavy atom. The third-order valence-corrected chi connectivity index (χ3v) is 2.33. The predicted molar refractivity (Wildman–Crippen MR) is 58.7 cm³/mol. The van der Waals surface area contributed by atoms with Gasteiger partial charge in [0.1, 0.15) is 0 Å². The number of carbonyl (C=O) groups is 2. The van der Waals surface area contributed by atoms with Crippen LogP contribution in [0, 0.1) is 0 Å². The van der Waals surface area contributed by atoms with Gasteiger partial charge in [0.25, 0.3) is 0 Å². The van der Waals surface area contributed by atoms with Crippen LogP contribution in [0.3, 0.4) is 0 Å². The third-order valence-electron chi connectivity index (χ3n) is 2.33. The van der Waals surface area contributed by atoms with Gasteiger partial charge in [-0.15, -0.1) is 0 Å². The minimum absolute atomic E-state index is 0.0324. The molecule has 16 heavy (non-hydrogen) atoms. The SMILES string of the molecule is CC1CN(C(=O)C(=O)NCCN)CC(C)O1. The molecule has 1 aliphatic heterocycles. The van der Waals surface area contributed by atoms with Gasteiger partial charge in [0.05, 0.1) is 12.2 Å². The molecule has 0 aliphatic carbocycles. The fraction of sp³-hybridized carbons (Fsp3) is 0.800. The van der Waals surface area contributed by atoms with Crippen LogP contribution in [-0.4, -0.2) is 55.1 Å². The van der Waals surface area contributed by atoms with Crippen LogP contribution in [0.4, 0.5) is 0 Å². The Kier molecular flexibility index (Phi) is 4.70. The van der Waals surface area contributed by atoms with Crippen LogP contribution in [-0.2, 0) is 14.3 Å². The van der Waals surface area contributed by atoms with E-state index in [0.717, 1.165) is 0 Å². The lowest BCUT2D eigenvalue weighted by Gasteiger charge is -2.34. The van der Waals surface area contributed by atoms with Gasteiger partial charge in [-0.2, -0.15) is 0 Å². The number of hydrogen-bond acceptors (Lipinski definition) is 4. The van der Waals surface area contributed by atoms with Crippen LogP contribution in [0.5, 0.6) is 0 Å². The molecule has 1 aliphatic rings. The highest BCUT2D eigenvalue weighted by atomic mass is 16.5. The first-order valence-electron chi connectivity index (χ1n) is 5.47. The minimum atomic E-state index is -0.591. The molecule has 2 amide bonds. The number of hydrogen-bond donors (Lipinski definition) is 2. The zero-order valence-electron chi connectivity index (χ0n) is 9.73. The van der Waals surface area contributed by atoms with Crippen LogP contribution in [0.25, 0.3) is 0 Å². The van der Waals surface area contributed by atoms with Crippen molar-refractivity contribution >= 4 is 11.8 Å². The van der Waals surface area contributed by atoms with E-state index in [-0.39, 0.29) is 12.2 Å². The van der Waals surface area contributed by atoms with Crippen LogP contribution in [0.1, 0.15) is 13.8 Å². The van der Waals surface area contributed by atoms with Crippen molar-refractivity contribution in [2.24, 2.45) is 5.73 Å². The van der Waals surface area contributed by atoms with E-state index < -0.39 is 11.8 Å². The summed E-state index contributed by atoms with van der Waals surface area (Å²) in [5.41, 5.74) is 5.24. The van der Waals surface area contributed by atoms with Crippen LogP contribution in [0.15, 0.2) is 0 Å². The van der Waals surface area contributed by atoms with E-state index in [9.17, 15) is 9.59 Å². The van der Waals surface area contributed by atoms with E-state index >= 15 is 0 Å². The monoisotopic (exact) mass is 229 g/mol. The maximum absolute atomic E-state index is 11.7. The van der Waals surface area contributed by atoms with Gasteiger partial charge in [-0.05, 0) is 13.8 Å². The number of morpholine rings is 1. The van der Waals surface area contributed by atoms with Crippen molar-refractivity contribution in [3.63, 3.8) is 0 Å². The van der Waals surface area contributed by atoms with Crippen molar-refractivity contribution < 1.29 is 14.3 Å². The molecule has 6 heteroatoms. The highest BCUT2D eigenvalue weighted by molar-refractivity contribution is 6.35. The molecule has 0 spiro atoms. The average Bonchev–Trinajstić information content (AvgIpc) is 2.23. The third kappa shape index (κ3) is 3.46. The molecule has 6 nitrogen and oxygen atoms in total. The molecule has 1 fully saturated rings. The summed E-state index contributed by atoms with van der Waals surface area (Å²) < 4.78 is 5.48. The molecule has 0 aromatic heterocycles. The minimum Gasteiger partial charge on any atom is -0.372 e. The zero-order chi connectivity index (χ0) is 12.1. The maximum Gasteiger partial charge on any atom is 0.312 e. The van der Waals surface area contributed by atoms with Crippen LogP contribution < -0.4 is 11.1 Å². The molecule has 0 bridgehead atoms. The average molecular weight is 229 g/mol. The van der Waals surface area contributed by atoms with Gasteiger partial charge in [-0.3, -0.25) is 9.59 Å². The van der Waals surface area contributed by atoms with E-state index in [1.54, 1.807) is 0 Å². The van der Waals surface area contributed by atoms with E-state index in [2.05, 4.69) is 5.32 Å². The molecule has 3 N–H and O–H groups in total. The fourth-order valence-electron chi connectivity index (χ4n) is 1.75. The van der Waals surface area contributed by atoms with Crippen molar-refractivity contribution in [2.45, 2.75) is 26.1 Å². The number of nitrogens with two attached hydrogens (primary N) is 1. The van der Waals surface area contributed by atoms with Gasteiger partial charge in [0.15, 0.2) is 0 Å². The molecule has 1 saturated heterocycles. The molecular weight excluding hydrogens is 210 g/mol. The number of ether oxygens (including phenoxy) is 1. The number of rotatable bonds is 2. The normalized spacial score (nSPS) is 25.3. The van der Waals surface area contributed by atoms with Crippen molar-refractivity contribution in [1.82, 2.24) is 10.2 Å². The molecule has 1 heterocycles. The molecular formula is C10H19N3O3. The molecule has 0 aromatic carbocycles. The van der Waals surface area contributed by atoms with E-state index in [0.29, 0.717) is 26.2 Å². The fourth-order valence-corrected chi connectivity index (χ4v) is 1.75. The van der Waals surface area contributed by atoms with Gasteiger partial charge < -0.3 is 20.7 Å². The Bertz CT molecular complexity index is 260. The highest BCUT2D eigenvalue weighted by Crippen LogP contribution is 2.10. The van der Waals surface area contributed by atoms with E-state index in [4.69, 9.17) is 10.5 Å². The summed E-state index contributed by atoms with van der Waals surface area (Å²) in [6.45, 7) is 5.33. The zero-order valence-corrected chi connectivity index (χ0v) is 9.73. The lowest BCUT2D eigenvalue weighted by atomic mass is 10.2. The molecule has 2 unspecified atom stereocenters. The summed E-state index contributed by atoms with van der Waals surface area (Å²) in [5.74, 6) is -1.10. The second kappa shape index (κ2) is 5.81. The number of carbonyl (C=O) groups excluding carboxylic acids is 2. The largest absolute Gasteiger partial charge is 0.372 e. The molecule has 2 atom stereocenters. The summed E-state index contributed by atoms with van der Waals surface area (Å²) in [6.07, 6.45) is -0.0648. The summed E-state index contributed by atoms with van der Waals surface area (Å²) in [5, 5.41) is 2.46. The van der Waals surface area contributed by atoms with Crippen molar-refractivity contribution in [3.8, 4) is 0 Å². The Morgan fingerprint density at radius 2 is 1.94 bits per heavy atom.